The number of amides is 5. The number of hydrogen-bond donors (Lipinski definition) is 3. The topological polar surface area (TPSA) is 181 Å². The van der Waals surface area contributed by atoms with Crippen molar-refractivity contribution in [3.05, 3.63) is 34.9 Å². The van der Waals surface area contributed by atoms with Crippen LogP contribution in [-0.4, -0.2) is 94.8 Å². The van der Waals surface area contributed by atoms with Gasteiger partial charge in [-0.3, -0.25) is 24.0 Å². The number of nitrogens with one attached hydrogen (secondary N) is 3. The number of fused-ring (bicyclic) bond motifs is 3. The van der Waals surface area contributed by atoms with Crippen molar-refractivity contribution < 1.29 is 41.9 Å². The Morgan fingerprint density at radius 1 is 1.08 bits per heavy atom. The quantitative estimate of drug-likeness (QED) is 0.358. The minimum atomic E-state index is -3.89. The van der Waals surface area contributed by atoms with E-state index in [9.17, 15) is 32.4 Å². The highest BCUT2D eigenvalue weighted by Gasteiger charge is 2.64. The molecule has 5 amide bonds. The summed E-state index contributed by atoms with van der Waals surface area (Å²) in [6.45, 7) is 12.0. The minimum absolute atomic E-state index is 0.0651. The van der Waals surface area contributed by atoms with E-state index < -0.39 is 73.7 Å². The Morgan fingerprint density at radius 3 is 2.45 bits per heavy atom. The zero-order valence-corrected chi connectivity index (χ0v) is 33.1. The lowest BCUT2D eigenvalue weighted by Crippen LogP contribution is -2.60. The number of nitrogens with zero attached hydrogens (tertiary/aromatic N) is 2. The molecule has 4 aliphatic heterocycles. The Balaban J connectivity index is 1.28. The third-order valence-corrected chi connectivity index (χ3v) is 14.4. The standard InChI is InChI=1S/C37H53N5O9S2/c1-7-28-37(52-28,32(45)40-53(48,49)25-14-15-25)39-30(43)27-17-24-19-42(27)31(44)29(35(2,3)4)38-33(46)50-21-36(5,6)16-9-8-11-22-12-10-13-23-18-41(20-26(22)23)34(47)51-24/h10,12-13,24-25,27-29H,7-9,11,14-21H2,1-6H3,(H,38,46)(H,39,43)(H,40,45)/t24-,27+,28+,29-,37+/m1/s1. The van der Waals surface area contributed by atoms with Crippen molar-refractivity contribution in [1.29, 1.82) is 0 Å². The number of ether oxygens (including phenoxy) is 2. The molecule has 14 nitrogen and oxygen atoms in total. The molecule has 1 aliphatic carbocycles. The fourth-order valence-electron chi connectivity index (χ4n) is 7.53. The molecule has 292 valence electrons. The average Bonchev–Trinajstić information content (AvgIpc) is 3.97. The minimum Gasteiger partial charge on any atom is -0.449 e. The molecule has 5 atom stereocenters. The zero-order chi connectivity index (χ0) is 38.5. The molecule has 0 radical (unpaired) electrons. The lowest BCUT2D eigenvalue weighted by atomic mass is 9.85. The van der Waals surface area contributed by atoms with E-state index in [1.54, 1.807) is 25.7 Å². The highest BCUT2D eigenvalue weighted by molar-refractivity contribution is 8.09. The van der Waals surface area contributed by atoms with Crippen molar-refractivity contribution >= 4 is 51.7 Å². The fraction of sp³-hybridized carbons (Fsp3) is 0.703. The Bertz CT molecular complexity index is 1760. The van der Waals surface area contributed by atoms with E-state index in [2.05, 4.69) is 21.4 Å². The Morgan fingerprint density at radius 2 is 1.79 bits per heavy atom. The van der Waals surface area contributed by atoms with E-state index in [1.165, 1.54) is 10.5 Å². The van der Waals surface area contributed by atoms with E-state index in [0.717, 1.165) is 48.6 Å². The lowest BCUT2D eigenvalue weighted by Gasteiger charge is -2.35. The molecule has 3 N–H and O–H groups in total. The average molecular weight is 776 g/mol. The second kappa shape index (κ2) is 14.6. The van der Waals surface area contributed by atoms with Crippen molar-refractivity contribution in [3.63, 3.8) is 0 Å². The van der Waals surface area contributed by atoms with Gasteiger partial charge in [0.1, 0.15) is 18.2 Å². The van der Waals surface area contributed by atoms with Crippen LogP contribution >= 0.6 is 11.8 Å². The zero-order valence-electron chi connectivity index (χ0n) is 31.5. The number of aryl methyl sites for hydroxylation is 1. The van der Waals surface area contributed by atoms with E-state index in [1.807, 2.05) is 32.9 Å². The van der Waals surface area contributed by atoms with Gasteiger partial charge in [-0.1, -0.05) is 66.2 Å². The summed E-state index contributed by atoms with van der Waals surface area (Å²) in [5, 5.41) is 4.51. The van der Waals surface area contributed by atoms with Gasteiger partial charge >= 0.3 is 12.2 Å². The summed E-state index contributed by atoms with van der Waals surface area (Å²) in [5.74, 6) is -2.09. The van der Waals surface area contributed by atoms with Gasteiger partial charge in [0.15, 0.2) is 4.87 Å². The van der Waals surface area contributed by atoms with Crippen LogP contribution in [-0.2, 0) is 53.4 Å². The van der Waals surface area contributed by atoms with Crippen LogP contribution in [0.3, 0.4) is 0 Å². The first-order valence-corrected chi connectivity index (χ1v) is 21.1. The van der Waals surface area contributed by atoms with Crippen molar-refractivity contribution in [1.82, 2.24) is 25.2 Å². The van der Waals surface area contributed by atoms with Gasteiger partial charge < -0.3 is 25.0 Å². The first-order valence-electron chi connectivity index (χ1n) is 18.7. The molecule has 16 heteroatoms. The summed E-state index contributed by atoms with van der Waals surface area (Å²) in [7, 11) is -3.89. The first-order chi connectivity index (χ1) is 24.8. The number of thioether (sulfide) groups is 1. The molecule has 4 heterocycles. The third-order valence-electron chi connectivity index (χ3n) is 10.9. The van der Waals surface area contributed by atoms with Gasteiger partial charge in [0.05, 0.1) is 18.4 Å². The number of carbonyl (C=O) groups excluding carboxylic acids is 5. The van der Waals surface area contributed by atoms with E-state index in [0.29, 0.717) is 32.4 Å². The molecule has 0 spiro atoms. The van der Waals surface area contributed by atoms with Crippen molar-refractivity contribution in [3.8, 4) is 0 Å². The summed E-state index contributed by atoms with van der Waals surface area (Å²) < 4.78 is 39.2. The number of carbonyl (C=O) groups is 5. The molecule has 5 aliphatic rings. The molecule has 0 aromatic heterocycles. The van der Waals surface area contributed by atoms with Crippen molar-refractivity contribution in [2.45, 2.75) is 140 Å². The molecule has 2 saturated heterocycles. The van der Waals surface area contributed by atoms with Gasteiger partial charge in [0.25, 0.3) is 5.91 Å². The maximum absolute atomic E-state index is 14.5. The molecular weight excluding hydrogens is 723 g/mol. The van der Waals surface area contributed by atoms with Gasteiger partial charge in [0.2, 0.25) is 21.8 Å². The summed E-state index contributed by atoms with van der Waals surface area (Å²) in [5.41, 5.74) is 2.19. The molecule has 1 aromatic rings. The second-order valence-electron chi connectivity index (χ2n) is 17.0. The van der Waals surface area contributed by atoms with Crippen LogP contribution in [0.2, 0.25) is 0 Å². The molecule has 3 fully saturated rings. The normalized spacial score (nSPS) is 29.4. The van der Waals surface area contributed by atoms with Crippen LogP contribution in [0.4, 0.5) is 9.59 Å². The summed E-state index contributed by atoms with van der Waals surface area (Å²) in [4.78, 5) is 70.5. The smallest absolute Gasteiger partial charge is 0.410 e. The molecule has 53 heavy (non-hydrogen) atoms. The summed E-state index contributed by atoms with van der Waals surface area (Å²) >= 11 is 1.14. The first kappa shape index (κ1) is 39.2. The van der Waals surface area contributed by atoms with E-state index in [4.69, 9.17) is 9.47 Å². The third kappa shape index (κ3) is 8.58. The number of hydrogen-bond acceptors (Lipinski definition) is 10. The van der Waals surface area contributed by atoms with Crippen molar-refractivity contribution in [2.75, 3.05) is 13.2 Å². The monoisotopic (exact) mass is 775 g/mol. The van der Waals surface area contributed by atoms with Crippen LogP contribution in [0.15, 0.2) is 18.2 Å². The summed E-state index contributed by atoms with van der Waals surface area (Å²) in [6.07, 6.45) is 2.62. The van der Waals surface area contributed by atoms with E-state index >= 15 is 0 Å². The van der Waals surface area contributed by atoms with Crippen LogP contribution in [0, 0.1) is 10.8 Å². The molecule has 0 unspecified atom stereocenters. The summed E-state index contributed by atoms with van der Waals surface area (Å²) in [6, 6.07) is 3.78. The highest BCUT2D eigenvalue weighted by Crippen LogP contribution is 2.54. The van der Waals surface area contributed by atoms with Gasteiger partial charge in [-0.05, 0) is 66.0 Å². The van der Waals surface area contributed by atoms with Gasteiger partial charge in [-0.2, -0.15) is 0 Å². The SMILES string of the molecule is CC[C@@H]1S[C@]1(NC(=O)[C@@H]1C[C@@H]2CN1C(=O)[C@H](C(C)(C)C)NC(=O)OCC(C)(C)CCCCc1cccc3c1CN(C3)C(=O)O2)C(=O)NS(=O)(=O)C1CC1. The van der Waals surface area contributed by atoms with Gasteiger partial charge in [0, 0.05) is 24.8 Å². The van der Waals surface area contributed by atoms with Crippen LogP contribution in [0.5, 0.6) is 0 Å². The maximum Gasteiger partial charge on any atom is 0.410 e. The molecule has 6 rings (SSSR count). The predicted molar refractivity (Wildman–Crippen MR) is 198 cm³/mol. The molecule has 4 bridgehead atoms. The highest BCUT2D eigenvalue weighted by atomic mass is 32.2. The van der Waals surface area contributed by atoms with E-state index in [-0.39, 0.29) is 30.2 Å². The molecule has 1 saturated carbocycles. The Labute approximate surface area is 316 Å². The second-order valence-corrected chi connectivity index (χ2v) is 20.4. The number of alkyl carbamates (subject to hydrolysis) is 1. The Kier molecular flexibility index (Phi) is 10.8. The van der Waals surface area contributed by atoms with Crippen molar-refractivity contribution in [2.24, 2.45) is 10.8 Å². The van der Waals surface area contributed by atoms with Gasteiger partial charge in [-0.25, -0.2) is 18.0 Å². The van der Waals surface area contributed by atoms with Crippen LogP contribution < -0.4 is 15.4 Å². The number of rotatable bonds is 6. The van der Waals surface area contributed by atoms with Crippen LogP contribution in [0.1, 0.15) is 103 Å². The lowest BCUT2D eigenvalue weighted by molar-refractivity contribution is -0.142. The van der Waals surface area contributed by atoms with Crippen LogP contribution in [0.25, 0.3) is 0 Å². The Hall–Kier alpha value is -3.53. The predicted octanol–water partition coefficient (Wildman–Crippen LogP) is 3.95. The molecular formula is C37H53N5O9S2. The number of benzene rings is 1. The number of cyclic esters (lactones) is 1. The number of sulfonamides is 1. The van der Waals surface area contributed by atoms with Gasteiger partial charge in [-0.15, -0.1) is 11.8 Å². The maximum atomic E-state index is 14.5. The molecule has 1 aromatic carbocycles. The fourth-order valence-corrected chi connectivity index (χ4v) is 10.1. The largest absolute Gasteiger partial charge is 0.449 e.